The first-order chi connectivity index (χ1) is 22.6. The molecule has 3 heteroatoms. The third-order valence-corrected chi connectivity index (χ3v) is 8.61. The average molecular weight is 593 g/mol. The Bertz CT molecular complexity index is 2280. The summed E-state index contributed by atoms with van der Waals surface area (Å²) in [6.07, 6.45) is 0. The molecule has 0 atom stereocenters. The van der Waals surface area contributed by atoms with Gasteiger partial charge < -0.3 is 4.42 Å². The Hall–Kier alpha value is -5.80. The van der Waals surface area contributed by atoms with Gasteiger partial charge in [-0.2, -0.15) is 0 Å². The van der Waals surface area contributed by atoms with Crippen LogP contribution in [-0.2, 0) is 0 Å². The molecule has 8 rings (SSSR count). The molecule has 0 spiro atoms. The molecular weight excluding hydrogens is 560 g/mol. The zero-order valence-electron chi connectivity index (χ0n) is 25.8. The normalized spacial score (nSPS) is 11.5. The lowest BCUT2D eigenvalue weighted by Crippen LogP contribution is -1.94. The van der Waals surface area contributed by atoms with E-state index in [2.05, 4.69) is 153 Å². The van der Waals surface area contributed by atoms with E-state index in [9.17, 15) is 0 Å². The second-order valence-corrected chi connectivity index (χ2v) is 12.0. The van der Waals surface area contributed by atoms with E-state index >= 15 is 0 Å². The molecule has 0 fully saturated rings. The van der Waals surface area contributed by atoms with Gasteiger partial charge in [-0.1, -0.05) is 141 Å². The zero-order valence-corrected chi connectivity index (χ0v) is 25.8. The van der Waals surface area contributed by atoms with Crippen molar-refractivity contribution in [1.29, 1.82) is 0 Å². The molecule has 0 aliphatic carbocycles. The molecule has 0 radical (unpaired) electrons. The number of fused-ring (bicyclic) bond motifs is 2. The van der Waals surface area contributed by atoms with Crippen LogP contribution in [0.4, 0.5) is 0 Å². The molecular formula is C43H32N2O. The number of hydrogen-bond donors (Lipinski definition) is 0. The topological polar surface area (TPSA) is 38.9 Å². The van der Waals surface area contributed by atoms with E-state index in [1.54, 1.807) is 0 Å². The van der Waals surface area contributed by atoms with Gasteiger partial charge in [0.25, 0.3) is 0 Å². The van der Waals surface area contributed by atoms with Crippen LogP contribution in [0, 0.1) is 0 Å². The van der Waals surface area contributed by atoms with Crippen molar-refractivity contribution in [3.63, 3.8) is 0 Å². The highest BCUT2D eigenvalue weighted by atomic mass is 16.3. The van der Waals surface area contributed by atoms with Crippen molar-refractivity contribution < 1.29 is 4.42 Å². The summed E-state index contributed by atoms with van der Waals surface area (Å²) in [4.78, 5) is 9.87. The fourth-order valence-electron chi connectivity index (χ4n) is 6.32. The van der Waals surface area contributed by atoms with E-state index in [-0.39, 0.29) is 5.92 Å². The van der Waals surface area contributed by atoms with E-state index in [4.69, 9.17) is 14.4 Å². The predicted octanol–water partition coefficient (Wildman–Crippen LogP) is 11.8. The summed E-state index contributed by atoms with van der Waals surface area (Å²) >= 11 is 0. The van der Waals surface area contributed by atoms with Gasteiger partial charge in [0.15, 0.2) is 11.5 Å². The van der Waals surface area contributed by atoms with Crippen molar-refractivity contribution in [3.8, 4) is 55.9 Å². The van der Waals surface area contributed by atoms with Crippen LogP contribution in [0.3, 0.4) is 0 Å². The summed E-state index contributed by atoms with van der Waals surface area (Å²) in [5, 5.41) is 2.39. The van der Waals surface area contributed by atoms with Crippen molar-refractivity contribution in [2.45, 2.75) is 19.8 Å². The van der Waals surface area contributed by atoms with Gasteiger partial charge in [-0.25, -0.2) is 9.97 Å². The lowest BCUT2D eigenvalue weighted by Gasteiger charge is -2.18. The van der Waals surface area contributed by atoms with Crippen molar-refractivity contribution in [2.24, 2.45) is 0 Å². The maximum absolute atomic E-state index is 6.23. The Labute approximate surface area is 268 Å². The van der Waals surface area contributed by atoms with E-state index < -0.39 is 0 Å². The van der Waals surface area contributed by atoms with Crippen LogP contribution < -0.4 is 0 Å². The van der Waals surface area contributed by atoms with E-state index in [1.807, 2.05) is 12.1 Å². The van der Waals surface area contributed by atoms with Gasteiger partial charge in [0.2, 0.25) is 0 Å². The molecule has 0 amide bonds. The van der Waals surface area contributed by atoms with Gasteiger partial charge in [0.1, 0.15) is 5.52 Å². The van der Waals surface area contributed by atoms with Crippen LogP contribution in [0.5, 0.6) is 0 Å². The third kappa shape index (κ3) is 5.06. The average Bonchev–Trinajstić information content (AvgIpc) is 3.56. The van der Waals surface area contributed by atoms with Crippen LogP contribution in [-0.4, -0.2) is 9.97 Å². The molecule has 3 nitrogen and oxygen atoms in total. The van der Waals surface area contributed by atoms with Gasteiger partial charge in [-0.3, -0.25) is 0 Å². The molecule has 0 aliphatic rings. The molecule has 2 aromatic heterocycles. The molecule has 6 aromatic carbocycles. The molecule has 220 valence electrons. The van der Waals surface area contributed by atoms with Gasteiger partial charge in [0, 0.05) is 17.0 Å². The fourth-order valence-corrected chi connectivity index (χ4v) is 6.32. The molecule has 0 saturated carbocycles. The third-order valence-electron chi connectivity index (χ3n) is 8.61. The minimum atomic E-state index is 0.220. The highest BCUT2D eigenvalue weighted by Gasteiger charge is 2.18. The molecule has 0 saturated heterocycles. The van der Waals surface area contributed by atoms with Crippen molar-refractivity contribution in [1.82, 2.24) is 9.97 Å². The number of hydrogen-bond acceptors (Lipinski definition) is 3. The van der Waals surface area contributed by atoms with Crippen LogP contribution in [0.2, 0.25) is 0 Å². The summed E-state index contributed by atoms with van der Waals surface area (Å²) in [6.45, 7) is 4.22. The fraction of sp³-hybridized carbons (Fsp3) is 0.0698. The minimum absolute atomic E-state index is 0.220. The smallest absolute Gasteiger partial charge is 0.198 e. The van der Waals surface area contributed by atoms with Crippen molar-refractivity contribution in [2.75, 3.05) is 0 Å². The van der Waals surface area contributed by atoms with Gasteiger partial charge in [-0.05, 0) is 68.4 Å². The molecule has 0 aliphatic heterocycles. The second kappa shape index (κ2) is 11.6. The summed E-state index contributed by atoms with van der Waals surface area (Å²) in [5.74, 6) is 0.981. The molecule has 46 heavy (non-hydrogen) atoms. The molecule has 0 bridgehead atoms. The number of rotatable bonds is 6. The standard InChI is InChI=1S/C43H32N2O/c1-28(2)43-45-38-24-22-32(27-41(38)46-43)42-35-19-10-9-13-29(35)21-23-37(42)36-20-12-11-18-34(36)33-25-39(30-14-5-3-6-15-30)44-40(26-33)31-16-7-4-8-17-31/h3-28H,1-2H3. The molecule has 0 N–H and O–H groups in total. The second-order valence-electron chi connectivity index (χ2n) is 12.0. The lowest BCUT2D eigenvalue weighted by atomic mass is 9.86. The van der Waals surface area contributed by atoms with E-state index in [0.29, 0.717) is 0 Å². The van der Waals surface area contributed by atoms with Crippen LogP contribution in [0.15, 0.2) is 156 Å². The first-order valence-electron chi connectivity index (χ1n) is 15.8. The van der Waals surface area contributed by atoms with Gasteiger partial charge in [0.05, 0.1) is 11.4 Å². The van der Waals surface area contributed by atoms with Gasteiger partial charge in [-0.15, -0.1) is 0 Å². The SMILES string of the molecule is CC(C)c1nc2ccc(-c3c(-c4ccccc4-c4cc(-c5ccccc5)nc(-c5ccccc5)c4)ccc4ccccc34)cc2o1. The van der Waals surface area contributed by atoms with E-state index in [0.717, 1.165) is 67.3 Å². The number of pyridine rings is 1. The maximum Gasteiger partial charge on any atom is 0.198 e. The summed E-state index contributed by atoms with van der Waals surface area (Å²) in [7, 11) is 0. The molecule has 0 unspecified atom stereocenters. The van der Waals surface area contributed by atoms with Crippen LogP contribution >= 0.6 is 0 Å². The summed E-state index contributed by atoms with van der Waals surface area (Å²) < 4.78 is 6.23. The number of nitrogens with zero attached hydrogens (tertiary/aromatic N) is 2. The number of oxazole rings is 1. The van der Waals surface area contributed by atoms with Gasteiger partial charge >= 0.3 is 0 Å². The number of benzene rings is 6. The zero-order chi connectivity index (χ0) is 31.0. The predicted molar refractivity (Wildman–Crippen MR) is 191 cm³/mol. The highest BCUT2D eigenvalue weighted by Crippen LogP contribution is 2.43. The first-order valence-corrected chi connectivity index (χ1v) is 15.8. The molecule has 8 aromatic rings. The summed E-state index contributed by atoms with van der Waals surface area (Å²) in [5.41, 5.74) is 12.6. The number of aromatic nitrogens is 2. The Morgan fingerprint density at radius 2 is 1.11 bits per heavy atom. The maximum atomic E-state index is 6.23. The Kier molecular flexibility index (Phi) is 7.00. The Morgan fingerprint density at radius 3 is 1.80 bits per heavy atom. The minimum Gasteiger partial charge on any atom is -0.440 e. The Morgan fingerprint density at radius 1 is 0.478 bits per heavy atom. The van der Waals surface area contributed by atoms with E-state index in [1.165, 1.54) is 16.3 Å². The lowest BCUT2D eigenvalue weighted by molar-refractivity contribution is 0.501. The monoisotopic (exact) mass is 592 g/mol. The Balaban J connectivity index is 1.37. The van der Waals surface area contributed by atoms with Crippen molar-refractivity contribution in [3.05, 3.63) is 158 Å². The first kappa shape index (κ1) is 27.7. The quantitative estimate of drug-likeness (QED) is 0.193. The van der Waals surface area contributed by atoms with Crippen molar-refractivity contribution >= 4 is 21.9 Å². The highest BCUT2D eigenvalue weighted by molar-refractivity contribution is 6.07. The summed E-state index contributed by atoms with van der Waals surface area (Å²) in [6, 6.07) is 53.5. The van der Waals surface area contributed by atoms with Crippen LogP contribution in [0.25, 0.3) is 77.8 Å². The van der Waals surface area contributed by atoms with Crippen LogP contribution in [0.1, 0.15) is 25.7 Å². The molecule has 2 heterocycles. The largest absolute Gasteiger partial charge is 0.440 e.